The van der Waals surface area contributed by atoms with Crippen molar-refractivity contribution < 1.29 is 14.6 Å². The molecule has 0 saturated carbocycles. The second-order valence-corrected chi connectivity index (χ2v) is 8.66. The SMILES string of the molecule is CCOc1cc([C@H]2C3=C(CC(C)(C)CC3=O)Nc3nc(SC)nn32)ccc1O. The third-order valence-corrected chi connectivity index (χ3v) is 5.63. The van der Waals surface area contributed by atoms with Gasteiger partial charge in [-0.15, -0.1) is 5.10 Å². The quantitative estimate of drug-likeness (QED) is 0.755. The average molecular weight is 401 g/mol. The van der Waals surface area contributed by atoms with E-state index < -0.39 is 6.04 Å². The number of aromatic hydroxyl groups is 1. The van der Waals surface area contributed by atoms with E-state index in [9.17, 15) is 9.90 Å². The maximum absolute atomic E-state index is 13.1. The van der Waals surface area contributed by atoms with Crippen LogP contribution in [0.15, 0.2) is 34.6 Å². The molecule has 0 spiro atoms. The highest BCUT2D eigenvalue weighted by Crippen LogP contribution is 2.46. The molecule has 2 aromatic rings. The van der Waals surface area contributed by atoms with Crippen LogP contribution in [0.5, 0.6) is 11.5 Å². The number of anilines is 1. The summed E-state index contributed by atoms with van der Waals surface area (Å²) in [6, 6.07) is 4.81. The molecule has 8 heteroatoms. The first-order valence-corrected chi connectivity index (χ1v) is 10.5. The van der Waals surface area contributed by atoms with Crippen LogP contribution in [0.4, 0.5) is 5.95 Å². The van der Waals surface area contributed by atoms with Crippen molar-refractivity contribution in [3.05, 3.63) is 35.0 Å². The van der Waals surface area contributed by atoms with Gasteiger partial charge >= 0.3 is 0 Å². The fraction of sp³-hybridized carbons (Fsp3) is 0.450. The number of carbonyl (C=O) groups excluding carboxylic acids is 1. The Morgan fingerprint density at radius 1 is 1.39 bits per heavy atom. The van der Waals surface area contributed by atoms with Crippen molar-refractivity contribution in [3.63, 3.8) is 0 Å². The van der Waals surface area contributed by atoms with Crippen molar-refractivity contribution in [1.29, 1.82) is 0 Å². The molecule has 4 rings (SSSR count). The molecule has 0 amide bonds. The number of nitrogens with one attached hydrogen (secondary N) is 1. The highest BCUT2D eigenvalue weighted by molar-refractivity contribution is 7.98. The standard InChI is InChI=1S/C20H24N4O3S/c1-5-27-15-8-11(6-7-13(15)25)17-16-12(9-20(2,3)10-14(16)26)21-18-22-19(28-4)23-24(17)18/h6-8,17,25H,5,9-10H2,1-4H3,(H,21,22,23)/t17-/m0/s1. The summed E-state index contributed by atoms with van der Waals surface area (Å²) >= 11 is 1.46. The van der Waals surface area contributed by atoms with Crippen LogP contribution in [-0.2, 0) is 4.79 Å². The van der Waals surface area contributed by atoms with Gasteiger partial charge in [0.1, 0.15) is 6.04 Å². The summed E-state index contributed by atoms with van der Waals surface area (Å²) in [6.07, 6.45) is 3.17. The van der Waals surface area contributed by atoms with E-state index in [2.05, 4.69) is 29.2 Å². The van der Waals surface area contributed by atoms with Gasteiger partial charge in [0.15, 0.2) is 17.3 Å². The molecule has 2 aliphatic rings. The number of thioether (sulfide) groups is 1. The lowest BCUT2D eigenvalue weighted by Gasteiger charge is -2.38. The molecule has 0 fully saturated rings. The molecule has 0 radical (unpaired) electrons. The van der Waals surface area contributed by atoms with Crippen LogP contribution in [-0.4, -0.2) is 38.5 Å². The lowest BCUT2D eigenvalue weighted by atomic mass is 9.73. The molecule has 1 aliphatic carbocycles. The minimum Gasteiger partial charge on any atom is -0.504 e. The first kappa shape index (κ1) is 18.9. The summed E-state index contributed by atoms with van der Waals surface area (Å²) < 4.78 is 7.33. The Bertz CT molecular complexity index is 980. The summed E-state index contributed by atoms with van der Waals surface area (Å²) in [5.41, 5.74) is 2.35. The summed E-state index contributed by atoms with van der Waals surface area (Å²) in [4.78, 5) is 17.7. The highest BCUT2D eigenvalue weighted by atomic mass is 32.2. The van der Waals surface area contributed by atoms with Crippen molar-refractivity contribution in [3.8, 4) is 11.5 Å². The van der Waals surface area contributed by atoms with Gasteiger partial charge in [-0.3, -0.25) is 4.79 Å². The number of ether oxygens (including phenoxy) is 1. The molecule has 7 nitrogen and oxygen atoms in total. The van der Waals surface area contributed by atoms with Gasteiger partial charge < -0.3 is 15.2 Å². The number of allylic oxidation sites excluding steroid dienone is 2. The molecule has 0 unspecified atom stereocenters. The molecular formula is C20H24N4O3S. The number of fused-ring (bicyclic) bond motifs is 1. The van der Waals surface area contributed by atoms with Crippen LogP contribution in [0.2, 0.25) is 0 Å². The lowest BCUT2D eigenvalue weighted by molar-refractivity contribution is -0.118. The van der Waals surface area contributed by atoms with Crippen LogP contribution in [0.3, 0.4) is 0 Å². The molecule has 0 bridgehead atoms. The Morgan fingerprint density at radius 3 is 2.89 bits per heavy atom. The monoisotopic (exact) mass is 400 g/mol. The molecule has 1 aromatic heterocycles. The zero-order valence-electron chi connectivity index (χ0n) is 16.4. The Hall–Kier alpha value is -2.48. The van der Waals surface area contributed by atoms with Gasteiger partial charge in [-0.05, 0) is 42.7 Å². The van der Waals surface area contributed by atoms with Crippen LogP contribution >= 0.6 is 11.8 Å². The predicted octanol–water partition coefficient (Wildman–Crippen LogP) is 3.76. The van der Waals surface area contributed by atoms with Crippen LogP contribution in [0, 0.1) is 5.41 Å². The number of hydrogen-bond donors (Lipinski definition) is 2. The van der Waals surface area contributed by atoms with E-state index in [1.807, 2.05) is 19.2 Å². The van der Waals surface area contributed by atoms with Crippen molar-refractivity contribution in [2.45, 2.75) is 44.8 Å². The zero-order chi connectivity index (χ0) is 20.1. The van der Waals surface area contributed by atoms with Crippen molar-refractivity contribution in [2.75, 3.05) is 18.2 Å². The van der Waals surface area contributed by atoms with Gasteiger partial charge in [-0.25, -0.2) is 4.68 Å². The summed E-state index contributed by atoms with van der Waals surface area (Å²) in [5, 5.41) is 18.7. The number of ketones is 1. The fourth-order valence-electron chi connectivity index (χ4n) is 3.96. The lowest BCUT2D eigenvalue weighted by Crippen LogP contribution is -2.36. The number of carbonyl (C=O) groups is 1. The van der Waals surface area contributed by atoms with Gasteiger partial charge in [0.2, 0.25) is 11.1 Å². The highest BCUT2D eigenvalue weighted by Gasteiger charge is 2.42. The Balaban J connectivity index is 1.89. The van der Waals surface area contributed by atoms with E-state index in [0.717, 1.165) is 23.3 Å². The molecule has 2 N–H and O–H groups in total. The molecule has 2 heterocycles. The molecular weight excluding hydrogens is 376 g/mol. The van der Waals surface area contributed by atoms with E-state index in [0.29, 0.717) is 29.9 Å². The number of benzene rings is 1. The number of nitrogens with zero attached hydrogens (tertiary/aromatic N) is 3. The molecule has 0 saturated heterocycles. The van der Waals surface area contributed by atoms with Crippen molar-refractivity contribution in [1.82, 2.24) is 14.8 Å². The van der Waals surface area contributed by atoms with Gasteiger partial charge in [0.05, 0.1) is 6.61 Å². The van der Waals surface area contributed by atoms with Crippen LogP contribution in [0.25, 0.3) is 0 Å². The first-order valence-electron chi connectivity index (χ1n) is 9.32. The van der Waals surface area contributed by atoms with E-state index >= 15 is 0 Å². The number of hydrogen-bond acceptors (Lipinski definition) is 7. The maximum atomic E-state index is 13.1. The van der Waals surface area contributed by atoms with Crippen LogP contribution in [0.1, 0.15) is 45.2 Å². The van der Waals surface area contributed by atoms with E-state index in [-0.39, 0.29) is 16.9 Å². The van der Waals surface area contributed by atoms with Crippen molar-refractivity contribution >= 4 is 23.5 Å². The third kappa shape index (κ3) is 3.15. The number of Topliss-reactive ketones (excluding diaryl/α,β-unsaturated/α-hetero) is 1. The van der Waals surface area contributed by atoms with Gasteiger partial charge in [0, 0.05) is 17.7 Å². The van der Waals surface area contributed by atoms with Gasteiger partial charge in [-0.2, -0.15) is 4.98 Å². The number of phenolic OH excluding ortho intramolecular Hbond substituents is 1. The smallest absolute Gasteiger partial charge is 0.227 e. The Labute approximate surface area is 168 Å². The molecule has 28 heavy (non-hydrogen) atoms. The third-order valence-electron chi connectivity index (χ3n) is 5.09. The molecule has 1 aliphatic heterocycles. The largest absolute Gasteiger partial charge is 0.504 e. The Kier molecular flexibility index (Phi) is 4.61. The van der Waals surface area contributed by atoms with E-state index in [4.69, 9.17) is 4.74 Å². The normalized spacial score (nSPS) is 20.4. The first-order chi connectivity index (χ1) is 13.3. The fourth-order valence-corrected chi connectivity index (χ4v) is 4.30. The second-order valence-electron chi connectivity index (χ2n) is 7.89. The summed E-state index contributed by atoms with van der Waals surface area (Å²) in [5.74, 6) is 1.22. The van der Waals surface area contributed by atoms with Gasteiger partial charge in [0.25, 0.3) is 0 Å². The van der Waals surface area contributed by atoms with Crippen molar-refractivity contribution in [2.24, 2.45) is 5.41 Å². The average Bonchev–Trinajstić information content (AvgIpc) is 3.04. The van der Waals surface area contributed by atoms with Crippen LogP contribution < -0.4 is 10.1 Å². The number of aromatic nitrogens is 3. The van der Waals surface area contributed by atoms with Gasteiger partial charge in [-0.1, -0.05) is 31.7 Å². The Morgan fingerprint density at radius 2 is 2.18 bits per heavy atom. The van der Waals surface area contributed by atoms with E-state index in [1.165, 1.54) is 11.8 Å². The summed E-state index contributed by atoms with van der Waals surface area (Å²) in [7, 11) is 0. The molecule has 1 aromatic carbocycles. The minimum atomic E-state index is -0.400. The number of phenols is 1. The molecule has 148 valence electrons. The number of rotatable bonds is 4. The predicted molar refractivity (Wildman–Crippen MR) is 108 cm³/mol. The summed E-state index contributed by atoms with van der Waals surface area (Å²) in [6.45, 7) is 6.51. The zero-order valence-corrected chi connectivity index (χ0v) is 17.3. The molecule has 1 atom stereocenters. The maximum Gasteiger partial charge on any atom is 0.227 e. The second kappa shape index (κ2) is 6.84. The van der Waals surface area contributed by atoms with E-state index in [1.54, 1.807) is 16.8 Å². The minimum absolute atomic E-state index is 0.0773. The topological polar surface area (TPSA) is 89.3 Å².